The molecule has 2 amide bonds. The monoisotopic (exact) mass is 547 g/mol. The molecule has 0 unspecified atom stereocenters. The van der Waals surface area contributed by atoms with Crippen LogP contribution in [0.1, 0.15) is 63.5 Å². The van der Waals surface area contributed by atoms with Gasteiger partial charge in [-0.1, -0.05) is 75.0 Å². The van der Waals surface area contributed by atoms with Crippen molar-refractivity contribution in [1.82, 2.24) is 10.2 Å². The smallest absolute Gasteiger partial charge is 0.244 e. The Morgan fingerprint density at radius 1 is 1.03 bits per heavy atom. The maximum atomic E-state index is 13.9. The molecule has 0 aliphatic heterocycles. The number of hydrogen-bond acceptors (Lipinski definition) is 4. The van der Waals surface area contributed by atoms with E-state index >= 15 is 0 Å². The van der Waals surface area contributed by atoms with Gasteiger partial charge in [-0.3, -0.25) is 13.9 Å². The van der Waals surface area contributed by atoms with Gasteiger partial charge in [0.25, 0.3) is 0 Å². The fourth-order valence-corrected chi connectivity index (χ4v) is 5.90. The van der Waals surface area contributed by atoms with Crippen LogP contribution in [0.4, 0.5) is 5.69 Å². The lowest BCUT2D eigenvalue weighted by Crippen LogP contribution is -2.54. The predicted octanol–water partition coefficient (Wildman–Crippen LogP) is 4.92. The third-order valence-corrected chi connectivity index (χ3v) is 8.30. The summed E-state index contributed by atoms with van der Waals surface area (Å²) in [5, 5.41) is 3.72. The summed E-state index contributed by atoms with van der Waals surface area (Å²) in [7, 11) is -3.77. The summed E-state index contributed by atoms with van der Waals surface area (Å²) in [5.74, 6) is -0.631. The number of amides is 2. The van der Waals surface area contributed by atoms with Crippen LogP contribution in [-0.4, -0.2) is 50.0 Å². The van der Waals surface area contributed by atoms with E-state index in [1.807, 2.05) is 38.1 Å². The molecule has 0 heterocycles. The van der Waals surface area contributed by atoms with E-state index in [0.717, 1.165) is 47.4 Å². The first-order chi connectivity index (χ1) is 17.6. The third-order valence-electron chi connectivity index (χ3n) is 6.92. The van der Waals surface area contributed by atoms with E-state index in [9.17, 15) is 18.0 Å². The summed E-state index contributed by atoms with van der Waals surface area (Å²) >= 11 is 6.06. The summed E-state index contributed by atoms with van der Waals surface area (Å²) in [4.78, 5) is 28.8. The van der Waals surface area contributed by atoms with Crippen LogP contribution < -0.4 is 9.62 Å². The molecule has 1 N–H and O–H groups in total. The number of rotatable bonds is 11. The van der Waals surface area contributed by atoms with Gasteiger partial charge in [0.15, 0.2) is 0 Å². The standard InChI is InChI=1S/C28H38ClN3O4S/c1-4-22-11-9-10-14-26(22)32(37(3,35)36)20-27(33)31(19-21-15-17-23(29)18-16-21)25(5-2)28(34)30-24-12-7-6-8-13-24/h9-11,14-18,24-25H,4-8,12-13,19-20H2,1-3H3,(H,30,34)/t25-/m1/s1. The number of sulfonamides is 1. The zero-order valence-electron chi connectivity index (χ0n) is 22.0. The fourth-order valence-electron chi connectivity index (χ4n) is 4.90. The van der Waals surface area contributed by atoms with Crippen LogP contribution in [0.2, 0.25) is 5.02 Å². The molecule has 3 rings (SSSR count). The molecule has 1 fully saturated rings. The first-order valence-electron chi connectivity index (χ1n) is 13.0. The van der Waals surface area contributed by atoms with Gasteiger partial charge in [0, 0.05) is 17.6 Å². The zero-order chi connectivity index (χ0) is 27.0. The molecular formula is C28H38ClN3O4S. The minimum Gasteiger partial charge on any atom is -0.352 e. The highest BCUT2D eigenvalue weighted by atomic mass is 35.5. The number of anilines is 1. The van der Waals surface area contributed by atoms with Crippen molar-refractivity contribution in [2.75, 3.05) is 17.1 Å². The Hall–Kier alpha value is -2.58. The predicted molar refractivity (Wildman–Crippen MR) is 149 cm³/mol. The summed E-state index contributed by atoms with van der Waals surface area (Å²) in [6, 6.07) is 13.7. The largest absolute Gasteiger partial charge is 0.352 e. The summed E-state index contributed by atoms with van der Waals surface area (Å²) < 4.78 is 26.8. The normalized spacial score (nSPS) is 15.1. The van der Waals surface area contributed by atoms with Crippen LogP contribution in [0.15, 0.2) is 48.5 Å². The van der Waals surface area contributed by atoms with Crippen LogP contribution in [0.5, 0.6) is 0 Å². The second-order valence-electron chi connectivity index (χ2n) is 9.67. The second-order valence-corrected chi connectivity index (χ2v) is 12.0. The highest BCUT2D eigenvalue weighted by Gasteiger charge is 2.33. The van der Waals surface area contributed by atoms with Crippen molar-refractivity contribution in [2.24, 2.45) is 0 Å². The number of carbonyl (C=O) groups excluding carboxylic acids is 2. The Bertz CT molecular complexity index is 1160. The van der Waals surface area contributed by atoms with E-state index < -0.39 is 28.5 Å². The molecule has 0 bridgehead atoms. The van der Waals surface area contributed by atoms with Crippen LogP contribution in [0.3, 0.4) is 0 Å². The molecule has 1 saturated carbocycles. The Morgan fingerprint density at radius 3 is 2.27 bits per heavy atom. The lowest BCUT2D eigenvalue weighted by Gasteiger charge is -2.34. The Balaban J connectivity index is 1.93. The molecule has 2 aromatic carbocycles. The van der Waals surface area contributed by atoms with Gasteiger partial charge in [-0.25, -0.2) is 8.42 Å². The first kappa shape index (κ1) is 29.0. The Kier molecular flexibility index (Phi) is 10.4. The van der Waals surface area contributed by atoms with Gasteiger partial charge < -0.3 is 10.2 Å². The topological polar surface area (TPSA) is 86.8 Å². The number of carbonyl (C=O) groups is 2. The maximum absolute atomic E-state index is 13.9. The number of hydrogen-bond donors (Lipinski definition) is 1. The minimum atomic E-state index is -3.77. The van der Waals surface area contributed by atoms with E-state index in [4.69, 9.17) is 11.6 Å². The van der Waals surface area contributed by atoms with Crippen LogP contribution >= 0.6 is 11.6 Å². The van der Waals surface area contributed by atoms with Crippen molar-refractivity contribution in [3.8, 4) is 0 Å². The lowest BCUT2D eigenvalue weighted by molar-refractivity contribution is -0.140. The van der Waals surface area contributed by atoms with Crippen molar-refractivity contribution in [3.05, 3.63) is 64.7 Å². The van der Waals surface area contributed by atoms with Gasteiger partial charge in [-0.2, -0.15) is 0 Å². The maximum Gasteiger partial charge on any atom is 0.244 e. The molecule has 202 valence electrons. The minimum absolute atomic E-state index is 0.103. The number of nitrogens with one attached hydrogen (secondary N) is 1. The van der Waals surface area contributed by atoms with Gasteiger partial charge in [0.1, 0.15) is 12.6 Å². The summed E-state index contributed by atoms with van der Waals surface area (Å²) in [6.07, 6.45) is 7.32. The molecule has 2 aromatic rings. The quantitative estimate of drug-likeness (QED) is 0.432. The van der Waals surface area contributed by atoms with Crippen LogP contribution in [0.25, 0.3) is 0 Å². The molecule has 0 radical (unpaired) electrons. The lowest BCUT2D eigenvalue weighted by atomic mass is 9.95. The van der Waals surface area contributed by atoms with Crippen molar-refractivity contribution < 1.29 is 18.0 Å². The van der Waals surface area contributed by atoms with Gasteiger partial charge in [0.05, 0.1) is 11.9 Å². The summed E-state index contributed by atoms with van der Waals surface area (Å²) in [6.45, 7) is 3.58. The van der Waals surface area contributed by atoms with Crippen molar-refractivity contribution in [3.63, 3.8) is 0 Å². The Labute approximate surface area is 226 Å². The van der Waals surface area contributed by atoms with Gasteiger partial charge in [-0.15, -0.1) is 0 Å². The van der Waals surface area contributed by atoms with Crippen LogP contribution in [-0.2, 0) is 32.6 Å². The molecule has 0 saturated heterocycles. The Morgan fingerprint density at radius 2 is 1.68 bits per heavy atom. The van der Waals surface area contributed by atoms with Crippen LogP contribution in [0, 0.1) is 0 Å². The molecule has 0 spiro atoms. The highest BCUT2D eigenvalue weighted by molar-refractivity contribution is 7.92. The molecule has 9 heteroatoms. The molecule has 0 aromatic heterocycles. The molecular weight excluding hydrogens is 510 g/mol. The van der Waals surface area contributed by atoms with E-state index in [2.05, 4.69) is 5.32 Å². The van der Waals surface area contributed by atoms with Gasteiger partial charge in [-0.05, 0) is 55.0 Å². The molecule has 37 heavy (non-hydrogen) atoms. The SMILES string of the molecule is CCc1ccccc1N(CC(=O)N(Cc1ccc(Cl)cc1)[C@H](CC)C(=O)NC1CCCCC1)S(C)(=O)=O. The number of aryl methyl sites for hydroxylation is 1. The molecule has 7 nitrogen and oxygen atoms in total. The van der Waals surface area contributed by atoms with E-state index in [1.165, 1.54) is 11.3 Å². The van der Waals surface area contributed by atoms with E-state index in [0.29, 0.717) is 23.6 Å². The van der Waals surface area contributed by atoms with Gasteiger partial charge in [0.2, 0.25) is 21.8 Å². The average molecular weight is 548 g/mol. The van der Waals surface area contributed by atoms with Crippen molar-refractivity contribution in [2.45, 2.75) is 77.4 Å². The molecule has 1 aliphatic rings. The summed E-state index contributed by atoms with van der Waals surface area (Å²) in [5.41, 5.74) is 2.11. The first-order valence-corrected chi connectivity index (χ1v) is 15.3. The fraction of sp³-hybridized carbons (Fsp3) is 0.500. The number of halogens is 1. The number of nitrogens with zero attached hydrogens (tertiary/aromatic N) is 2. The highest BCUT2D eigenvalue weighted by Crippen LogP contribution is 2.25. The van der Waals surface area contributed by atoms with E-state index in [-0.39, 0.29) is 18.5 Å². The van der Waals surface area contributed by atoms with E-state index in [1.54, 1.807) is 24.3 Å². The third kappa shape index (κ3) is 7.95. The number of para-hydroxylation sites is 1. The van der Waals surface area contributed by atoms with Crippen molar-refractivity contribution >= 4 is 39.1 Å². The number of benzene rings is 2. The zero-order valence-corrected chi connectivity index (χ0v) is 23.5. The second kappa shape index (κ2) is 13.3. The molecule has 1 atom stereocenters. The molecule has 1 aliphatic carbocycles. The van der Waals surface area contributed by atoms with Crippen molar-refractivity contribution in [1.29, 1.82) is 0 Å². The van der Waals surface area contributed by atoms with Gasteiger partial charge >= 0.3 is 0 Å². The average Bonchev–Trinajstić information content (AvgIpc) is 2.88.